The second kappa shape index (κ2) is 10.3. The minimum absolute atomic E-state index is 0.00196. The number of hydrogen-bond donors (Lipinski definition) is 2. The normalized spacial score (nSPS) is 11.4. The molecule has 0 fully saturated rings. The predicted molar refractivity (Wildman–Crippen MR) is 108 cm³/mol. The summed E-state index contributed by atoms with van der Waals surface area (Å²) in [4.78, 5) is 4.11. The van der Waals surface area contributed by atoms with E-state index in [0.717, 1.165) is 23.5 Å². The lowest BCUT2D eigenvalue weighted by molar-refractivity contribution is 0.304. The van der Waals surface area contributed by atoms with Crippen molar-refractivity contribution in [2.45, 2.75) is 6.42 Å². The Hall–Kier alpha value is -3.49. The highest BCUT2D eigenvalue weighted by atomic mass is 19.1. The summed E-state index contributed by atoms with van der Waals surface area (Å²) in [5.41, 5.74) is 1.66. The van der Waals surface area contributed by atoms with Crippen LogP contribution in [0.15, 0.2) is 59.7 Å². The monoisotopic (exact) mass is 417 g/mol. The van der Waals surface area contributed by atoms with Crippen LogP contribution in [0.5, 0.6) is 5.75 Å². The van der Waals surface area contributed by atoms with Crippen molar-refractivity contribution in [1.82, 2.24) is 20.4 Å². The average Bonchev–Trinajstić information content (AvgIpc) is 3.20. The number of rotatable bonds is 8. The fraction of sp³-hybridized carbons (Fsp3) is 0.238. The van der Waals surface area contributed by atoms with Crippen LogP contribution in [0.2, 0.25) is 0 Å². The molecule has 0 radical (unpaired) electrons. The number of halogens is 3. The summed E-state index contributed by atoms with van der Waals surface area (Å²) in [6.07, 6.45) is 2.48. The van der Waals surface area contributed by atoms with Gasteiger partial charge in [0.1, 0.15) is 18.2 Å². The molecule has 1 aromatic heterocycles. The lowest BCUT2D eigenvalue weighted by Crippen LogP contribution is -2.40. The highest BCUT2D eigenvalue weighted by Gasteiger charge is 2.06. The summed E-state index contributed by atoms with van der Waals surface area (Å²) >= 11 is 0. The molecule has 0 bridgehead atoms. The van der Waals surface area contributed by atoms with Gasteiger partial charge in [-0.25, -0.2) is 17.9 Å². The molecule has 0 saturated heterocycles. The Kier molecular flexibility index (Phi) is 7.31. The van der Waals surface area contributed by atoms with E-state index in [0.29, 0.717) is 25.5 Å². The predicted octanol–water partition coefficient (Wildman–Crippen LogP) is 3.08. The average molecular weight is 417 g/mol. The van der Waals surface area contributed by atoms with Gasteiger partial charge in [-0.2, -0.15) is 5.10 Å². The molecule has 3 rings (SSSR count). The number of nitrogens with one attached hydrogen (secondary N) is 2. The molecule has 1 heterocycles. The summed E-state index contributed by atoms with van der Waals surface area (Å²) in [6.45, 7) is 1.16. The van der Waals surface area contributed by atoms with E-state index in [1.165, 1.54) is 18.2 Å². The van der Waals surface area contributed by atoms with Gasteiger partial charge in [-0.15, -0.1) is 0 Å². The highest BCUT2D eigenvalue weighted by Crippen LogP contribution is 2.17. The standard InChI is InChI=1S/C21H22F3N5O/c1-25-21(27-11-13-30-20-7-4-16(23)14-19(20)24)26-10-8-17-9-12-29(28-17)18-5-2-15(22)3-6-18/h2-7,9,12,14H,8,10-11,13H2,1H3,(H2,25,26,27). The van der Waals surface area contributed by atoms with Crippen LogP contribution in [-0.4, -0.2) is 42.5 Å². The molecule has 158 valence electrons. The van der Waals surface area contributed by atoms with Gasteiger partial charge < -0.3 is 15.4 Å². The van der Waals surface area contributed by atoms with Crippen LogP contribution in [0.1, 0.15) is 5.69 Å². The molecule has 2 aromatic carbocycles. The molecule has 2 N–H and O–H groups in total. The van der Waals surface area contributed by atoms with Gasteiger partial charge in [0.25, 0.3) is 0 Å². The first-order valence-corrected chi connectivity index (χ1v) is 9.38. The summed E-state index contributed by atoms with van der Waals surface area (Å²) in [5, 5.41) is 10.7. The molecule has 0 amide bonds. The molecule has 0 aliphatic heterocycles. The summed E-state index contributed by atoms with van der Waals surface area (Å²) in [7, 11) is 1.64. The summed E-state index contributed by atoms with van der Waals surface area (Å²) < 4.78 is 46.4. The van der Waals surface area contributed by atoms with Crippen LogP contribution < -0.4 is 15.4 Å². The molecule has 0 atom stereocenters. The van der Waals surface area contributed by atoms with Crippen molar-refractivity contribution in [3.8, 4) is 11.4 Å². The Balaban J connectivity index is 1.39. The van der Waals surface area contributed by atoms with E-state index in [1.807, 2.05) is 12.3 Å². The van der Waals surface area contributed by atoms with Crippen molar-refractivity contribution < 1.29 is 17.9 Å². The van der Waals surface area contributed by atoms with Crippen molar-refractivity contribution in [3.05, 3.63) is 77.9 Å². The van der Waals surface area contributed by atoms with E-state index in [1.54, 1.807) is 23.9 Å². The highest BCUT2D eigenvalue weighted by molar-refractivity contribution is 5.79. The van der Waals surface area contributed by atoms with E-state index in [9.17, 15) is 13.2 Å². The molecule has 3 aromatic rings. The van der Waals surface area contributed by atoms with Crippen LogP contribution in [0.25, 0.3) is 5.69 Å². The van der Waals surface area contributed by atoms with Gasteiger partial charge in [0.05, 0.1) is 17.9 Å². The van der Waals surface area contributed by atoms with Crippen LogP contribution in [0.4, 0.5) is 13.2 Å². The SMILES string of the molecule is CN=C(NCCOc1ccc(F)cc1F)NCCc1ccn(-c2ccc(F)cc2)n1. The minimum atomic E-state index is -0.738. The lowest BCUT2D eigenvalue weighted by Gasteiger charge is -2.12. The van der Waals surface area contributed by atoms with Gasteiger partial charge >= 0.3 is 0 Å². The van der Waals surface area contributed by atoms with E-state index in [-0.39, 0.29) is 18.2 Å². The fourth-order valence-corrected chi connectivity index (χ4v) is 2.68. The van der Waals surface area contributed by atoms with Crippen molar-refractivity contribution in [2.75, 3.05) is 26.7 Å². The van der Waals surface area contributed by atoms with Crippen LogP contribution in [0.3, 0.4) is 0 Å². The smallest absolute Gasteiger partial charge is 0.191 e. The Labute approximate surface area is 172 Å². The molecule has 0 aliphatic rings. The summed E-state index contributed by atoms with van der Waals surface area (Å²) in [5.74, 6) is -1.11. The number of ether oxygens (including phenoxy) is 1. The van der Waals surface area contributed by atoms with Gasteiger partial charge in [-0.1, -0.05) is 0 Å². The molecular formula is C21H22F3N5O. The van der Waals surface area contributed by atoms with E-state index in [4.69, 9.17) is 4.74 Å². The van der Waals surface area contributed by atoms with Crippen LogP contribution >= 0.6 is 0 Å². The van der Waals surface area contributed by atoms with Gasteiger partial charge in [-0.05, 0) is 42.5 Å². The zero-order chi connectivity index (χ0) is 21.3. The Morgan fingerprint density at radius 1 is 1.00 bits per heavy atom. The van der Waals surface area contributed by atoms with Crippen molar-refractivity contribution in [1.29, 1.82) is 0 Å². The number of aromatic nitrogens is 2. The van der Waals surface area contributed by atoms with Crippen molar-refractivity contribution >= 4 is 5.96 Å². The maximum Gasteiger partial charge on any atom is 0.191 e. The largest absolute Gasteiger partial charge is 0.489 e. The third-order valence-corrected chi connectivity index (χ3v) is 4.18. The topological polar surface area (TPSA) is 63.5 Å². The molecule has 9 heteroatoms. The Morgan fingerprint density at radius 2 is 1.73 bits per heavy atom. The van der Waals surface area contributed by atoms with Crippen LogP contribution in [-0.2, 0) is 6.42 Å². The molecule has 0 unspecified atom stereocenters. The number of aliphatic imine (C=N–C) groups is 1. The zero-order valence-electron chi connectivity index (χ0n) is 16.4. The quantitative estimate of drug-likeness (QED) is 0.336. The minimum Gasteiger partial charge on any atom is -0.489 e. The zero-order valence-corrected chi connectivity index (χ0v) is 16.4. The lowest BCUT2D eigenvalue weighted by atomic mass is 10.3. The van der Waals surface area contributed by atoms with Gasteiger partial charge in [-0.3, -0.25) is 4.99 Å². The second-order valence-corrected chi connectivity index (χ2v) is 6.33. The van der Waals surface area contributed by atoms with E-state index >= 15 is 0 Å². The third-order valence-electron chi connectivity index (χ3n) is 4.18. The first kappa shape index (κ1) is 21.2. The van der Waals surface area contributed by atoms with Gasteiger partial charge in [0.2, 0.25) is 0 Å². The number of hydrogen-bond acceptors (Lipinski definition) is 3. The number of benzene rings is 2. The molecule has 6 nitrogen and oxygen atoms in total. The molecule has 0 spiro atoms. The molecule has 0 saturated carbocycles. The number of guanidine groups is 1. The first-order chi connectivity index (χ1) is 14.5. The Morgan fingerprint density at radius 3 is 2.47 bits per heavy atom. The molecule has 0 aliphatic carbocycles. The molecule has 30 heavy (non-hydrogen) atoms. The van der Waals surface area contributed by atoms with Crippen molar-refractivity contribution in [3.63, 3.8) is 0 Å². The summed E-state index contributed by atoms with van der Waals surface area (Å²) in [6, 6.07) is 11.2. The van der Waals surface area contributed by atoms with E-state index in [2.05, 4.69) is 20.7 Å². The second-order valence-electron chi connectivity index (χ2n) is 6.33. The van der Waals surface area contributed by atoms with Gasteiger partial charge in [0, 0.05) is 32.3 Å². The number of nitrogens with zero attached hydrogens (tertiary/aromatic N) is 3. The third kappa shape index (κ3) is 6.00. The maximum absolute atomic E-state index is 13.5. The van der Waals surface area contributed by atoms with Crippen LogP contribution in [0, 0.1) is 17.5 Å². The van der Waals surface area contributed by atoms with E-state index < -0.39 is 11.6 Å². The van der Waals surface area contributed by atoms with Crippen molar-refractivity contribution in [2.24, 2.45) is 4.99 Å². The molecular weight excluding hydrogens is 395 g/mol. The Bertz CT molecular complexity index is 989. The van der Waals surface area contributed by atoms with Gasteiger partial charge in [0.15, 0.2) is 17.5 Å². The first-order valence-electron chi connectivity index (χ1n) is 9.38. The maximum atomic E-state index is 13.5. The fourth-order valence-electron chi connectivity index (χ4n) is 2.68.